The molecule has 3 heterocycles. The van der Waals surface area contributed by atoms with E-state index in [1.54, 1.807) is 4.57 Å². The average Bonchev–Trinajstić information content (AvgIpc) is 3.10. The number of nitro groups is 1. The van der Waals surface area contributed by atoms with Crippen LogP contribution in [0.5, 0.6) is 0 Å². The highest BCUT2D eigenvalue weighted by Gasteiger charge is 2.43. The molecular weight excluding hydrogens is 270 g/mol. The molecule has 1 aromatic heterocycles. The summed E-state index contributed by atoms with van der Waals surface area (Å²) in [5.41, 5.74) is 0. The fourth-order valence-corrected chi connectivity index (χ4v) is 4.04. The predicted octanol–water partition coefficient (Wildman–Crippen LogP) is 1.03. The Morgan fingerprint density at radius 1 is 1.48 bits per heavy atom. The summed E-state index contributed by atoms with van der Waals surface area (Å²) in [6, 6.07) is 0.605. The summed E-state index contributed by atoms with van der Waals surface area (Å²) in [6.07, 6.45) is 2.50. The van der Waals surface area contributed by atoms with Crippen LogP contribution >= 0.6 is 0 Å². The quantitative estimate of drug-likeness (QED) is 0.648. The Labute approximate surface area is 124 Å². The summed E-state index contributed by atoms with van der Waals surface area (Å²) in [6.45, 7) is 8.91. The number of nitrogens with zero attached hydrogens (tertiary/aromatic N) is 4. The zero-order valence-corrected chi connectivity index (χ0v) is 12.7. The zero-order chi connectivity index (χ0) is 15.0. The summed E-state index contributed by atoms with van der Waals surface area (Å²) < 4.78 is 1.72. The van der Waals surface area contributed by atoms with E-state index in [-0.39, 0.29) is 10.7 Å². The van der Waals surface area contributed by atoms with Crippen molar-refractivity contribution in [1.82, 2.24) is 19.8 Å². The van der Waals surface area contributed by atoms with Crippen molar-refractivity contribution in [2.75, 3.05) is 26.2 Å². The molecule has 0 bridgehead atoms. The molecule has 7 heteroatoms. The molecule has 0 amide bonds. The van der Waals surface area contributed by atoms with Crippen molar-refractivity contribution in [3.05, 3.63) is 22.1 Å². The molecule has 3 atom stereocenters. The number of rotatable bonds is 5. The highest BCUT2D eigenvalue weighted by Crippen LogP contribution is 2.34. The molecule has 2 saturated heterocycles. The molecular formula is C14H23N5O2. The third-order valence-electron chi connectivity index (χ3n) is 5.07. The molecule has 7 nitrogen and oxygen atoms in total. The van der Waals surface area contributed by atoms with E-state index >= 15 is 0 Å². The number of fused-ring (bicyclic) bond motifs is 1. The Hall–Kier alpha value is -1.47. The molecule has 0 spiro atoms. The fourth-order valence-electron chi connectivity index (χ4n) is 4.04. The Morgan fingerprint density at radius 3 is 3.00 bits per heavy atom. The monoisotopic (exact) mass is 293 g/mol. The second kappa shape index (κ2) is 5.73. The number of hydrogen-bond donors (Lipinski definition) is 1. The Kier molecular flexibility index (Phi) is 3.95. The molecule has 3 rings (SSSR count). The predicted molar refractivity (Wildman–Crippen MR) is 79.1 cm³/mol. The first-order valence-corrected chi connectivity index (χ1v) is 7.73. The third kappa shape index (κ3) is 2.55. The fraction of sp³-hybridized carbons (Fsp3) is 0.786. The van der Waals surface area contributed by atoms with Gasteiger partial charge in [-0.3, -0.25) is 4.90 Å². The van der Waals surface area contributed by atoms with Gasteiger partial charge in [-0.15, -0.1) is 0 Å². The molecule has 0 aromatic carbocycles. The van der Waals surface area contributed by atoms with Crippen molar-refractivity contribution in [1.29, 1.82) is 0 Å². The molecule has 0 saturated carbocycles. The van der Waals surface area contributed by atoms with E-state index < -0.39 is 0 Å². The average molecular weight is 293 g/mol. The largest absolute Gasteiger partial charge is 0.358 e. The SMILES string of the molecule is CCC1C2CNCC2CN1CCn1c([N+](=O)[O-])cnc1C. The van der Waals surface area contributed by atoms with Crippen LogP contribution in [0, 0.1) is 28.9 Å². The first-order chi connectivity index (χ1) is 10.1. The minimum Gasteiger partial charge on any atom is -0.358 e. The van der Waals surface area contributed by atoms with Crippen LogP contribution in [-0.2, 0) is 6.54 Å². The number of aryl methyl sites for hydroxylation is 1. The zero-order valence-electron chi connectivity index (χ0n) is 12.7. The van der Waals surface area contributed by atoms with E-state index in [0.717, 1.165) is 50.3 Å². The maximum atomic E-state index is 11.0. The van der Waals surface area contributed by atoms with Gasteiger partial charge in [-0.05, 0) is 36.3 Å². The van der Waals surface area contributed by atoms with Gasteiger partial charge in [0.05, 0.1) is 0 Å². The maximum Gasteiger partial charge on any atom is 0.342 e. The summed E-state index contributed by atoms with van der Waals surface area (Å²) in [7, 11) is 0. The first-order valence-electron chi connectivity index (χ1n) is 7.73. The summed E-state index contributed by atoms with van der Waals surface area (Å²) in [5, 5.41) is 14.5. The lowest BCUT2D eigenvalue weighted by Crippen LogP contribution is -2.37. The van der Waals surface area contributed by atoms with Gasteiger partial charge >= 0.3 is 5.82 Å². The lowest BCUT2D eigenvalue weighted by Gasteiger charge is -2.26. The number of hydrogen-bond acceptors (Lipinski definition) is 5. The molecule has 116 valence electrons. The molecule has 0 radical (unpaired) electrons. The van der Waals surface area contributed by atoms with Gasteiger partial charge in [0, 0.05) is 26.1 Å². The van der Waals surface area contributed by atoms with E-state index in [2.05, 4.69) is 22.1 Å². The lowest BCUT2D eigenvalue weighted by molar-refractivity contribution is -0.392. The molecule has 0 aliphatic carbocycles. The first kappa shape index (κ1) is 14.5. The van der Waals surface area contributed by atoms with E-state index in [1.165, 1.54) is 6.20 Å². The second-order valence-corrected chi connectivity index (χ2v) is 6.13. The highest BCUT2D eigenvalue weighted by atomic mass is 16.6. The summed E-state index contributed by atoms with van der Waals surface area (Å²) >= 11 is 0. The Bertz CT molecular complexity index is 529. The van der Waals surface area contributed by atoms with Crippen LogP contribution in [0.25, 0.3) is 0 Å². The number of likely N-dealkylation sites (tertiary alicyclic amines) is 1. The summed E-state index contributed by atoms with van der Waals surface area (Å²) in [4.78, 5) is 17.3. The molecule has 21 heavy (non-hydrogen) atoms. The van der Waals surface area contributed by atoms with Crippen LogP contribution in [0.2, 0.25) is 0 Å². The van der Waals surface area contributed by atoms with Gasteiger partial charge in [0.2, 0.25) is 0 Å². The van der Waals surface area contributed by atoms with Gasteiger partial charge < -0.3 is 15.4 Å². The molecule has 2 aliphatic heterocycles. The van der Waals surface area contributed by atoms with Crippen molar-refractivity contribution in [2.45, 2.75) is 32.9 Å². The van der Waals surface area contributed by atoms with Crippen molar-refractivity contribution in [3.63, 3.8) is 0 Å². The molecule has 2 fully saturated rings. The molecule has 3 unspecified atom stereocenters. The van der Waals surface area contributed by atoms with Gasteiger partial charge in [0.15, 0.2) is 5.82 Å². The van der Waals surface area contributed by atoms with Crippen LogP contribution in [-0.4, -0.2) is 51.6 Å². The van der Waals surface area contributed by atoms with Crippen molar-refractivity contribution in [2.24, 2.45) is 11.8 Å². The molecule has 1 aromatic rings. The van der Waals surface area contributed by atoms with E-state index in [4.69, 9.17) is 0 Å². The van der Waals surface area contributed by atoms with Crippen molar-refractivity contribution < 1.29 is 4.92 Å². The standard InChI is InChI=1S/C14H23N5O2/c1-3-13-12-7-15-6-11(12)9-17(13)4-5-18-10(2)16-8-14(18)19(20)21/h8,11-13,15H,3-7,9H2,1-2H3. The molecule has 2 aliphatic rings. The lowest BCUT2D eigenvalue weighted by atomic mass is 9.93. The van der Waals surface area contributed by atoms with Crippen LogP contribution in [0.3, 0.4) is 0 Å². The smallest absolute Gasteiger partial charge is 0.342 e. The minimum absolute atomic E-state index is 0.0987. The third-order valence-corrected chi connectivity index (χ3v) is 5.07. The number of nitrogens with one attached hydrogen (secondary N) is 1. The van der Waals surface area contributed by atoms with E-state index in [9.17, 15) is 10.1 Å². The van der Waals surface area contributed by atoms with Crippen LogP contribution in [0.1, 0.15) is 19.2 Å². The Balaban J connectivity index is 1.68. The van der Waals surface area contributed by atoms with Crippen molar-refractivity contribution >= 4 is 5.82 Å². The van der Waals surface area contributed by atoms with Gasteiger partial charge in [-0.2, -0.15) is 0 Å². The normalized spacial score (nSPS) is 29.0. The minimum atomic E-state index is -0.347. The summed E-state index contributed by atoms with van der Waals surface area (Å²) in [5.74, 6) is 2.31. The van der Waals surface area contributed by atoms with Gasteiger partial charge in [0.1, 0.15) is 12.7 Å². The second-order valence-electron chi connectivity index (χ2n) is 6.13. The Morgan fingerprint density at radius 2 is 2.29 bits per heavy atom. The van der Waals surface area contributed by atoms with E-state index in [0.29, 0.717) is 12.6 Å². The van der Waals surface area contributed by atoms with Crippen LogP contribution < -0.4 is 5.32 Å². The van der Waals surface area contributed by atoms with Gasteiger partial charge in [-0.1, -0.05) is 6.92 Å². The van der Waals surface area contributed by atoms with Crippen LogP contribution in [0.15, 0.2) is 6.20 Å². The van der Waals surface area contributed by atoms with Gasteiger partial charge in [0.25, 0.3) is 0 Å². The van der Waals surface area contributed by atoms with E-state index in [1.807, 2.05) is 6.92 Å². The van der Waals surface area contributed by atoms with Gasteiger partial charge in [-0.25, -0.2) is 9.55 Å². The van der Waals surface area contributed by atoms with Crippen molar-refractivity contribution in [3.8, 4) is 0 Å². The number of aromatic nitrogens is 2. The molecule has 1 N–H and O–H groups in total. The maximum absolute atomic E-state index is 11.0. The topological polar surface area (TPSA) is 76.2 Å². The highest BCUT2D eigenvalue weighted by molar-refractivity contribution is 5.18. The number of imidazole rings is 1. The van der Waals surface area contributed by atoms with Crippen LogP contribution in [0.4, 0.5) is 5.82 Å².